The number of nitrogens with one attached hydrogen (secondary N) is 1. The van der Waals surface area contributed by atoms with Crippen LogP contribution in [-0.2, 0) is 11.6 Å². The summed E-state index contributed by atoms with van der Waals surface area (Å²) in [6, 6.07) is 0.251. The maximum Gasteiger partial charge on any atom is 0.443 e. The molecule has 1 N–H and O–H groups in total. The van der Waals surface area contributed by atoms with Gasteiger partial charge in [0.1, 0.15) is 0 Å². The predicted molar refractivity (Wildman–Crippen MR) is 63.3 cm³/mol. The summed E-state index contributed by atoms with van der Waals surface area (Å²) in [5.41, 5.74) is -0.302. The first kappa shape index (κ1) is 14.4. The lowest BCUT2D eigenvalue weighted by molar-refractivity contribution is -0.137. The van der Waals surface area contributed by atoms with Crippen molar-refractivity contribution in [2.45, 2.75) is 44.8 Å². The van der Waals surface area contributed by atoms with Gasteiger partial charge in [-0.05, 0) is 20.4 Å². The molecule has 0 saturated carbocycles. The molecular weight excluding hydrogens is 249 g/mol. The van der Waals surface area contributed by atoms with Crippen LogP contribution in [-0.4, -0.2) is 18.1 Å². The molecule has 0 amide bonds. The predicted octanol–water partition coefficient (Wildman–Crippen LogP) is 3.44. The second-order valence-corrected chi connectivity index (χ2v) is 5.84. The van der Waals surface area contributed by atoms with Gasteiger partial charge in [-0.3, -0.25) is 0 Å². The molecule has 1 unspecified atom stereocenters. The lowest BCUT2D eigenvalue weighted by Crippen LogP contribution is -2.30. The standard InChI is InChI=1S/C11H17F3N2S/c1-7(15-4)5-10(2,3)8-6-16-9(17-8)11(12,13)14/h6-7,15H,5H2,1-4H3. The summed E-state index contributed by atoms with van der Waals surface area (Å²) in [6.45, 7) is 5.89. The van der Waals surface area contributed by atoms with Gasteiger partial charge in [0.25, 0.3) is 0 Å². The van der Waals surface area contributed by atoms with Crippen molar-refractivity contribution in [1.29, 1.82) is 0 Å². The summed E-state index contributed by atoms with van der Waals surface area (Å²) in [6.07, 6.45) is -2.23. The topological polar surface area (TPSA) is 24.9 Å². The Bertz CT molecular complexity index is 371. The summed E-state index contributed by atoms with van der Waals surface area (Å²) in [4.78, 5) is 4.13. The molecular formula is C11H17F3N2S. The molecule has 98 valence electrons. The van der Waals surface area contributed by atoms with Gasteiger partial charge in [-0.15, -0.1) is 11.3 Å². The van der Waals surface area contributed by atoms with Crippen molar-refractivity contribution < 1.29 is 13.2 Å². The second kappa shape index (κ2) is 4.94. The Labute approximate surface area is 103 Å². The van der Waals surface area contributed by atoms with Gasteiger partial charge < -0.3 is 5.32 Å². The van der Waals surface area contributed by atoms with E-state index in [-0.39, 0.29) is 11.5 Å². The Hall–Kier alpha value is -0.620. The molecule has 0 radical (unpaired) electrons. The van der Waals surface area contributed by atoms with E-state index in [1.54, 1.807) is 0 Å². The van der Waals surface area contributed by atoms with Crippen LogP contribution in [0.5, 0.6) is 0 Å². The SMILES string of the molecule is CNC(C)CC(C)(C)c1cnc(C(F)(F)F)s1. The molecule has 1 heterocycles. The first-order valence-electron chi connectivity index (χ1n) is 5.37. The third-order valence-electron chi connectivity index (χ3n) is 2.72. The van der Waals surface area contributed by atoms with Crippen molar-refractivity contribution in [2.75, 3.05) is 7.05 Å². The third kappa shape index (κ3) is 3.67. The Kier molecular flexibility index (Phi) is 4.19. The molecule has 0 spiro atoms. The van der Waals surface area contributed by atoms with Crippen molar-refractivity contribution in [3.63, 3.8) is 0 Å². The van der Waals surface area contributed by atoms with Crippen molar-refractivity contribution >= 4 is 11.3 Å². The number of aromatic nitrogens is 1. The Morgan fingerprint density at radius 1 is 1.41 bits per heavy atom. The van der Waals surface area contributed by atoms with Crippen LogP contribution in [0.4, 0.5) is 13.2 Å². The fourth-order valence-corrected chi connectivity index (χ4v) is 2.58. The molecule has 1 rings (SSSR count). The lowest BCUT2D eigenvalue weighted by atomic mass is 9.85. The molecule has 0 fully saturated rings. The normalized spacial score (nSPS) is 15.0. The van der Waals surface area contributed by atoms with Crippen LogP contribution in [0.2, 0.25) is 0 Å². The van der Waals surface area contributed by atoms with Crippen LogP contribution in [0.25, 0.3) is 0 Å². The highest BCUT2D eigenvalue weighted by Gasteiger charge is 2.36. The summed E-state index contributed by atoms with van der Waals surface area (Å²) in [7, 11) is 1.84. The van der Waals surface area contributed by atoms with E-state index in [0.29, 0.717) is 4.88 Å². The highest BCUT2D eigenvalue weighted by atomic mass is 32.1. The minimum atomic E-state index is -4.34. The van der Waals surface area contributed by atoms with Crippen LogP contribution < -0.4 is 5.32 Å². The Morgan fingerprint density at radius 2 is 2.00 bits per heavy atom. The van der Waals surface area contributed by atoms with Crippen LogP contribution >= 0.6 is 11.3 Å². The third-order valence-corrected chi connectivity index (χ3v) is 4.13. The fraction of sp³-hybridized carbons (Fsp3) is 0.727. The van der Waals surface area contributed by atoms with Gasteiger partial charge in [0, 0.05) is 22.5 Å². The molecule has 0 saturated heterocycles. The first-order chi connectivity index (χ1) is 7.66. The first-order valence-corrected chi connectivity index (χ1v) is 6.19. The highest BCUT2D eigenvalue weighted by Crippen LogP contribution is 2.38. The molecule has 17 heavy (non-hydrogen) atoms. The number of rotatable bonds is 4. The Balaban J connectivity index is 2.89. The largest absolute Gasteiger partial charge is 0.443 e. The smallest absolute Gasteiger partial charge is 0.317 e. The monoisotopic (exact) mass is 266 g/mol. The molecule has 0 aliphatic carbocycles. The number of nitrogens with zero attached hydrogens (tertiary/aromatic N) is 1. The van der Waals surface area contributed by atoms with Crippen molar-refractivity contribution in [3.05, 3.63) is 16.1 Å². The molecule has 2 nitrogen and oxygen atoms in total. The summed E-state index contributed by atoms with van der Waals surface area (Å²) >= 11 is 0.735. The lowest BCUT2D eigenvalue weighted by Gasteiger charge is -2.26. The van der Waals surface area contributed by atoms with Gasteiger partial charge in [-0.25, -0.2) is 4.98 Å². The maximum atomic E-state index is 12.5. The van der Waals surface area contributed by atoms with Crippen LogP contribution in [0, 0.1) is 0 Å². The van der Waals surface area contributed by atoms with Crippen LogP contribution in [0.1, 0.15) is 37.1 Å². The molecule has 0 aliphatic rings. The van der Waals surface area contributed by atoms with Crippen LogP contribution in [0.3, 0.4) is 0 Å². The fourth-order valence-electron chi connectivity index (χ4n) is 1.69. The minimum absolute atomic E-state index is 0.251. The summed E-state index contributed by atoms with van der Waals surface area (Å²) in [5, 5.41) is 2.32. The Morgan fingerprint density at radius 3 is 2.41 bits per heavy atom. The zero-order chi connectivity index (χ0) is 13.3. The number of hydrogen-bond acceptors (Lipinski definition) is 3. The van der Waals surface area contributed by atoms with Crippen molar-refractivity contribution in [1.82, 2.24) is 10.3 Å². The summed E-state index contributed by atoms with van der Waals surface area (Å²) < 4.78 is 37.4. The van der Waals surface area contributed by atoms with Gasteiger partial charge in [-0.1, -0.05) is 13.8 Å². The van der Waals surface area contributed by atoms with E-state index in [4.69, 9.17) is 0 Å². The van der Waals surface area contributed by atoms with E-state index in [1.807, 2.05) is 27.8 Å². The van der Waals surface area contributed by atoms with E-state index in [2.05, 4.69) is 10.3 Å². The molecule has 1 aromatic heterocycles. The molecule has 0 aliphatic heterocycles. The van der Waals surface area contributed by atoms with E-state index in [9.17, 15) is 13.2 Å². The number of hydrogen-bond donors (Lipinski definition) is 1. The van der Waals surface area contributed by atoms with E-state index in [0.717, 1.165) is 17.8 Å². The average molecular weight is 266 g/mol. The number of alkyl halides is 3. The quantitative estimate of drug-likeness (QED) is 0.903. The summed E-state index contributed by atoms with van der Waals surface area (Å²) in [5.74, 6) is 0. The van der Waals surface area contributed by atoms with E-state index >= 15 is 0 Å². The maximum absolute atomic E-state index is 12.5. The molecule has 1 atom stereocenters. The van der Waals surface area contributed by atoms with Gasteiger partial charge in [0.05, 0.1) is 0 Å². The molecule has 0 aromatic carbocycles. The zero-order valence-electron chi connectivity index (χ0n) is 10.4. The minimum Gasteiger partial charge on any atom is -0.317 e. The van der Waals surface area contributed by atoms with Gasteiger partial charge in [-0.2, -0.15) is 13.2 Å². The van der Waals surface area contributed by atoms with Gasteiger partial charge >= 0.3 is 6.18 Å². The van der Waals surface area contributed by atoms with Gasteiger partial charge in [0.15, 0.2) is 5.01 Å². The zero-order valence-corrected chi connectivity index (χ0v) is 11.2. The van der Waals surface area contributed by atoms with Gasteiger partial charge in [0.2, 0.25) is 0 Å². The second-order valence-electron chi connectivity index (χ2n) is 4.81. The molecule has 1 aromatic rings. The van der Waals surface area contributed by atoms with Crippen LogP contribution in [0.15, 0.2) is 6.20 Å². The molecule has 0 bridgehead atoms. The van der Waals surface area contributed by atoms with Crippen molar-refractivity contribution in [3.8, 4) is 0 Å². The van der Waals surface area contributed by atoms with Crippen molar-refractivity contribution in [2.24, 2.45) is 0 Å². The average Bonchev–Trinajstić information content (AvgIpc) is 2.65. The van der Waals surface area contributed by atoms with E-state index in [1.165, 1.54) is 6.20 Å². The number of thiazole rings is 1. The number of halogens is 3. The van der Waals surface area contributed by atoms with E-state index < -0.39 is 11.2 Å². The highest BCUT2D eigenvalue weighted by molar-refractivity contribution is 7.11. The molecule has 6 heteroatoms.